The van der Waals surface area contributed by atoms with E-state index in [-0.39, 0.29) is 25.7 Å². The summed E-state index contributed by atoms with van der Waals surface area (Å²) in [5.41, 5.74) is 3.30. The molecule has 2 aromatic rings. The van der Waals surface area contributed by atoms with E-state index in [2.05, 4.69) is 21.1 Å². The second-order valence-electron chi connectivity index (χ2n) is 11.3. The lowest BCUT2D eigenvalue weighted by Crippen LogP contribution is -2.51. The molecule has 206 valence electrons. The van der Waals surface area contributed by atoms with Gasteiger partial charge < -0.3 is 26.9 Å². The van der Waals surface area contributed by atoms with Crippen LogP contribution in [0.5, 0.6) is 0 Å². The molecule has 0 aromatic carbocycles. The van der Waals surface area contributed by atoms with Crippen LogP contribution < -0.4 is 0 Å². The first-order chi connectivity index (χ1) is 18.4. The van der Waals surface area contributed by atoms with Crippen molar-refractivity contribution in [1.82, 2.24) is 9.54 Å². The molecular weight excluding hydrogens is 525 g/mol. The maximum atomic E-state index is 16.6. The minimum atomic E-state index is -4.27. The summed E-state index contributed by atoms with van der Waals surface area (Å²) in [4.78, 5) is 41.6. The number of rotatable bonds is 9. The highest BCUT2D eigenvalue weighted by atomic mass is 32.1. The highest BCUT2D eigenvalue weighted by Crippen LogP contribution is 2.40. The van der Waals surface area contributed by atoms with E-state index in [0.29, 0.717) is 39.8 Å². The summed E-state index contributed by atoms with van der Waals surface area (Å²) in [6, 6.07) is 5.38. The van der Waals surface area contributed by atoms with E-state index in [0.717, 1.165) is 32.4 Å². The second-order valence-corrected chi connectivity index (χ2v) is 12.2. The van der Waals surface area contributed by atoms with Crippen LogP contribution in [0.4, 0.5) is 8.63 Å². The van der Waals surface area contributed by atoms with Gasteiger partial charge in [-0.2, -0.15) is 0 Å². The van der Waals surface area contributed by atoms with Gasteiger partial charge in [-0.3, -0.25) is 9.59 Å². The zero-order chi connectivity index (χ0) is 28.1. The summed E-state index contributed by atoms with van der Waals surface area (Å²) in [6.07, 6.45) is 4.98. The fraction of sp³-hybridized carbons (Fsp3) is 0.407. The van der Waals surface area contributed by atoms with Gasteiger partial charge in [0.25, 0.3) is 11.8 Å². The monoisotopic (exact) mass is 557 g/mol. The summed E-state index contributed by atoms with van der Waals surface area (Å²) >= 11 is 1.42. The van der Waals surface area contributed by atoms with Gasteiger partial charge in [-0.1, -0.05) is 6.07 Å². The molecule has 3 aliphatic heterocycles. The van der Waals surface area contributed by atoms with Crippen molar-refractivity contribution in [2.45, 2.75) is 45.4 Å². The summed E-state index contributed by atoms with van der Waals surface area (Å²) in [5, 5.41) is 2.36. The number of quaternary nitrogens is 1. The number of amides is 2. The third kappa shape index (κ3) is 5.15. The zero-order valence-electron chi connectivity index (χ0n) is 22.6. The number of hydrogen-bond acceptors (Lipinski definition) is 5. The van der Waals surface area contributed by atoms with Crippen LogP contribution in [0.25, 0.3) is 6.08 Å². The molecule has 0 bridgehead atoms. The third-order valence-corrected chi connectivity index (χ3v) is 8.14. The van der Waals surface area contributed by atoms with Crippen LogP contribution in [-0.4, -0.2) is 76.7 Å². The first kappa shape index (κ1) is 27.2. The normalized spacial score (nSPS) is 18.4. The molecule has 0 N–H and O–H groups in total. The largest absolute Gasteiger partial charge is 0.737 e. The van der Waals surface area contributed by atoms with E-state index in [1.807, 2.05) is 29.7 Å². The summed E-state index contributed by atoms with van der Waals surface area (Å²) < 4.78 is 36.1. The summed E-state index contributed by atoms with van der Waals surface area (Å²) in [5.74, 6) is -1.97. The lowest BCUT2D eigenvalue weighted by molar-refractivity contribution is -0.870. The number of aromatic nitrogens is 1. The fourth-order valence-corrected chi connectivity index (χ4v) is 6.15. The molecule has 0 radical (unpaired) electrons. The predicted octanol–water partition coefficient (Wildman–Crippen LogP) is 3.90. The number of carbonyl (C=O) groups excluding carboxylic acids is 3. The van der Waals surface area contributed by atoms with Gasteiger partial charge in [0.05, 0.1) is 39.0 Å². The van der Waals surface area contributed by atoms with Crippen molar-refractivity contribution >= 4 is 47.9 Å². The van der Waals surface area contributed by atoms with Crippen molar-refractivity contribution in [2.75, 3.05) is 27.7 Å². The van der Waals surface area contributed by atoms with Crippen molar-refractivity contribution in [3.05, 3.63) is 62.8 Å². The van der Waals surface area contributed by atoms with Gasteiger partial charge in [0.15, 0.2) is 11.4 Å². The highest BCUT2D eigenvalue weighted by Gasteiger charge is 2.54. The van der Waals surface area contributed by atoms with Crippen molar-refractivity contribution in [3.63, 3.8) is 0 Å². The predicted molar refractivity (Wildman–Crippen MR) is 145 cm³/mol. The topological polar surface area (TPSA) is 71.6 Å². The fourth-order valence-electron chi connectivity index (χ4n) is 5.41. The molecule has 12 heteroatoms. The average Bonchev–Trinajstić information content (AvgIpc) is 3.62. The SMILES string of the molecule is Cc1cc(CCC(=O)ON2C(=O)CCC2=O)n2c1C=C1C(CCC[N+](C)(C)C)=CC(c3cccs3)=[N+]1[B-]2(F)F. The smallest absolute Gasteiger partial charge is 0.394 e. The summed E-state index contributed by atoms with van der Waals surface area (Å²) in [7, 11) is 6.35. The second kappa shape index (κ2) is 9.98. The lowest BCUT2D eigenvalue weighted by Gasteiger charge is -2.31. The molecule has 5 heterocycles. The van der Waals surface area contributed by atoms with Crippen molar-refractivity contribution in [3.8, 4) is 0 Å². The van der Waals surface area contributed by atoms with Gasteiger partial charge in [-0.15, -0.1) is 16.4 Å². The molecule has 5 rings (SSSR count). The van der Waals surface area contributed by atoms with Crippen LogP contribution >= 0.6 is 11.3 Å². The Morgan fingerprint density at radius 3 is 2.51 bits per heavy atom. The zero-order valence-corrected chi connectivity index (χ0v) is 23.4. The number of halogens is 2. The first-order valence-electron chi connectivity index (χ1n) is 13.1. The molecule has 3 aliphatic rings. The molecule has 0 spiro atoms. The summed E-state index contributed by atoms with van der Waals surface area (Å²) in [6.45, 7) is -1.57. The van der Waals surface area contributed by atoms with Gasteiger partial charge in [-0.05, 0) is 48.5 Å². The molecule has 0 unspecified atom stereocenters. The molecular formula is C27H32BF2N4O4S+. The average molecular weight is 557 g/mol. The van der Waals surface area contributed by atoms with E-state index in [1.54, 1.807) is 13.0 Å². The third-order valence-electron chi connectivity index (χ3n) is 7.24. The molecule has 0 saturated carbocycles. The Balaban J connectivity index is 1.46. The van der Waals surface area contributed by atoms with Crippen LogP contribution in [0.1, 0.15) is 53.9 Å². The number of aryl methyl sites for hydroxylation is 2. The number of hydroxylamine groups is 2. The molecule has 2 amide bonds. The molecule has 0 aliphatic carbocycles. The molecule has 8 nitrogen and oxygen atoms in total. The number of imide groups is 1. The molecule has 1 fully saturated rings. The molecule has 0 atom stereocenters. The lowest BCUT2D eigenvalue weighted by atomic mass is 9.88. The first-order valence-corrected chi connectivity index (χ1v) is 14.0. The quantitative estimate of drug-likeness (QED) is 0.267. The van der Waals surface area contributed by atoms with Gasteiger partial charge in [-0.25, -0.2) is 4.79 Å². The number of allylic oxidation sites excluding steroid dienone is 2. The minimum absolute atomic E-state index is 0.00874. The minimum Gasteiger partial charge on any atom is -0.394 e. The highest BCUT2D eigenvalue weighted by molar-refractivity contribution is 7.12. The Bertz CT molecular complexity index is 1430. The van der Waals surface area contributed by atoms with E-state index < -0.39 is 24.8 Å². The maximum absolute atomic E-state index is 16.6. The number of thiophene rings is 1. The van der Waals surface area contributed by atoms with Crippen LogP contribution in [0, 0.1) is 6.92 Å². The number of fused-ring (bicyclic) bond motifs is 2. The Morgan fingerprint density at radius 1 is 1.15 bits per heavy atom. The van der Waals surface area contributed by atoms with Gasteiger partial charge in [0.2, 0.25) is 0 Å². The Labute approximate surface area is 230 Å². The van der Waals surface area contributed by atoms with Crippen LogP contribution in [0.2, 0.25) is 0 Å². The van der Waals surface area contributed by atoms with Crippen molar-refractivity contribution in [1.29, 1.82) is 0 Å². The molecule has 39 heavy (non-hydrogen) atoms. The van der Waals surface area contributed by atoms with Crippen LogP contribution in [-0.2, 0) is 25.6 Å². The number of hydrogen-bond donors (Lipinski definition) is 0. The van der Waals surface area contributed by atoms with E-state index >= 15 is 8.63 Å². The van der Waals surface area contributed by atoms with Crippen LogP contribution in [0.3, 0.4) is 0 Å². The van der Waals surface area contributed by atoms with Crippen molar-refractivity contribution in [2.24, 2.45) is 0 Å². The van der Waals surface area contributed by atoms with E-state index in [1.165, 1.54) is 15.8 Å². The van der Waals surface area contributed by atoms with Gasteiger partial charge in [0, 0.05) is 42.7 Å². The van der Waals surface area contributed by atoms with E-state index in [4.69, 9.17) is 4.84 Å². The maximum Gasteiger partial charge on any atom is 0.737 e. The Hall–Kier alpha value is -3.38. The van der Waals surface area contributed by atoms with Gasteiger partial charge in [0.1, 0.15) is 0 Å². The number of nitrogens with zero attached hydrogens (tertiary/aromatic N) is 4. The molecule has 2 aromatic heterocycles. The Morgan fingerprint density at radius 2 is 1.87 bits per heavy atom. The molecule has 1 saturated heterocycles. The standard InChI is InChI=1S/C27H32BF2N4O4S/c1-18-15-20(9-12-27(37)38-33-25(35)10-11-26(33)36)31-21(18)17-22-19(7-5-13-34(2,3)4)16-23(24-8-6-14-39-24)32(22)28(31,29)30/h6,8,14-17H,5,7,9-13H2,1-4H3/q+1. The number of carbonyl (C=O) groups is 3. The van der Waals surface area contributed by atoms with Gasteiger partial charge >= 0.3 is 12.9 Å². The van der Waals surface area contributed by atoms with E-state index in [9.17, 15) is 14.4 Å². The Kier molecular flexibility index (Phi) is 6.96. The van der Waals surface area contributed by atoms with Crippen molar-refractivity contribution < 1.29 is 36.8 Å². The van der Waals surface area contributed by atoms with Crippen LogP contribution in [0.15, 0.2) is 40.9 Å².